The van der Waals surface area contributed by atoms with Crippen molar-refractivity contribution in [2.75, 3.05) is 4.90 Å². The van der Waals surface area contributed by atoms with Crippen LogP contribution in [0.15, 0.2) is 185 Å². The molecule has 0 atom stereocenters. The topological polar surface area (TPSA) is 29.5 Å². The molecule has 0 bridgehead atoms. The minimum atomic E-state index is 0.893. The molecule has 3 heteroatoms. The highest BCUT2D eigenvalue weighted by molar-refractivity contribution is 6.13. The van der Waals surface area contributed by atoms with Gasteiger partial charge in [0, 0.05) is 43.7 Å². The standard InChI is InChI=1S/C46H29NO2/c1-2-14-33-30(12-1)13-9-22-40(33)47(32-28-26-31(27-29-32)34-18-11-25-44-45(34)39-17-5-8-24-43(39)48-44)41-21-6-3-15-35(41)37-19-10-20-38-36-16-4-7-23-42(36)49-46(37)38/h1-29H. The van der Waals surface area contributed by atoms with Gasteiger partial charge in [-0.1, -0.05) is 133 Å². The number of hydrogen-bond donors (Lipinski definition) is 0. The Hall–Kier alpha value is -6.58. The van der Waals surface area contributed by atoms with E-state index in [0.29, 0.717) is 0 Å². The fourth-order valence-corrected chi connectivity index (χ4v) is 7.47. The average Bonchev–Trinajstić information content (AvgIpc) is 3.74. The Labute approximate surface area is 282 Å². The molecule has 0 aliphatic heterocycles. The maximum Gasteiger partial charge on any atom is 0.143 e. The zero-order chi connectivity index (χ0) is 32.3. The number of rotatable bonds is 5. The van der Waals surface area contributed by atoms with E-state index < -0.39 is 0 Å². The maximum atomic E-state index is 6.55. The first-order chi connectivity index (χ1) is 24.3. The highest BCUT2D eigenvalue weighted by Gasteiger charge is 2.22. The van der Waals surface area contributed by atoms with Crippen LogP contribution in [0.4, 0.5) is 17.1 Å². The zero-order valence-corrected chi connectivity index (χ0v) is 26.5. The second-order valence-electron chi connectivity index (χ2n) is 12.5. The van der Waals surface area contributed by atoms with Gasteiger partial charge in [0.15, 0.2) is 0 Å². The van der Waals surface area contributed by atoms with Gasteiger partial charge in [0.2, 0.25) is 0 Å². The lowest BCUT2D eigenvalue weighted by atomic mass is 9.97. The molecule has 0 unspecified atom stereocenters. The average molecular weight is 628 g/mol. The highest BCUT2D eigenvalue weighted by atomic mass is 16.3. The van der Waals surface area contributed by atoms with Crippen molar-refractivity contribution in [1.82, 2.24) is 0 Å². The van der Waals surface area contributed by atoms with Crippen molar-refractivity contribution >= 4 is 71.7 Å². The quantitative estimate of drug-likeness (QED) is 0.190. The normalized spacial score (nSPS) is 11.7. The summed E-state index contributed by atoms with van der Waals surface area (Å²) in [5.74, 6) is 0. The largest absolute Gasteiger partial charge is 0.456 e. The summed E-state index contributed by atoms with van der Waals surface area (Å²) in [4.78, 5) is 2.39. The molecular formula is C46H29NO2. The molecule has 0 aliphatic carbocycles. The fourth-order valence-electron chi connectivity index (χ4n) is 7.47. The molecule has 10 rings (SSSR count). The van der Waals surface area contributed by atoms with E-state index in [0.717, 1.165) is 83.2 Å². The molecule has 8 aromatic carbocycles. The Morgan fingerprint density at radius 2 is 0.918 bits per heavy atom. The summed E-state index contributed by atoms with van der Waals surface area (Å²) in [5.41, 5.74) is 11.3. The van der Waals surface area contributed by atoms with E-state index in [-0.39, 0.29) is 0 Å². The van der Waals surface area contributed by atoms with Gasteiger partial charge in [0.05, 0.1) is 11.4 Å². The van der Waals surface area contributed by atoms with Crippen LogP contribution in [0.5, 0.6) is 0 Å². The molecule has 0 amide bonds. The lowest BCUT2D eigenvalue weighted by molar-refractivity contribution is 0.669. The predicted octanol–water partition coefficient (Wildman–Crippen LogP) is 13.4. The van der Waals surface area contributed by atoms with Crippen LogP contribution < -0.4 is 4.90 Å². The van der Waals surface area contributed by atoms with Crippen molar-refractivity contribution < 1.29 is 8.83 Å². The Morgan fingerprint density at radius 3 is 1.80 bits per heavy atom. The molecule has 2 aromatic heterocycles. The molecule has 0 radical (unpaired) electrons. The van der Waals surface area contributed by atoms with Gasteiger partial charge in [-0.15, -0.1) is 0 Å². The third-order valence-electron chi connectivity index (χ3n) is 9.69. The van der Waals surface area contributed by atoms with E-state index in [1.165, 1.54) is 10.8 Å². The van der Waals surface area contributed by atoms with Crippen LogP contribution in [0.2, 0.25) is 0 Å². The second kappa shape index (κ2) is 11.0. The highest BCUT2D eigenvalue weighted by Crippen LogP contribution is 2.46. The number of hydrogen-bond acceptors (Lipinski definition) is 3. The van der Waals surface area contributed by atoms with Gasteiger partial charge in [0.25, 0.3) is 0 Å². The van der Waals surface area contributed by atoms with Gasteiger partial charge in [-0.25, -0.2) is 0 Å². The van der Waals surface area contributed by atoms with Crippen molar-refractivity contribution in [2.45, 2.75) is 0 Å². The van der Waals surface area contributed by atoms with Crippen LogP contribution in [0, 0.1) is 0 Å². The summed E-state index contributed by atoms with van der Waals surface area (Å²) in [6.45, 7) is 0. The van der Waals surface area contributed by atoms with E-state index in [1.54, 1.807) is 0 Å². The van der Waals surface area contributed by atoms with Crippen LogP contribution in [0.1, 0.15) is 0 Å². The molecule has 0 spiro atoms. The molecule has 10 aromatic rings. The molecule has 0 saturated carbocycles. The molecule has 0 N–H and O–H groups in total. The molecule has 3 nitrogen and oxygen atoms in total. The van der Waals surface area contributed by atoms with E-state index in [9.17, 15) is 0 Å². The number of fused-ring (bicyclic) bond motifs is 7. The van der Waals surface area contributed by atoms with Gasteiger partial charge in [0.1, 0.15) is 22.3 Å². The SMILES string of the molecule is c1ccc(N(c2ccc(-c3cccc4oc5ccccc5c34)cc2)c2cccc3ccccc23)c(-c2cccc3c2oc2ccccc23)c1. The third kappa shape index (κ3) is 4.37. The lowest BCUT2D eigenvalue weighted by Crippen LogP contribution is -2.11. The second-order valence-corrected chi connectivity index (χ2v) is 12.5. The summed E-state index contributed by atoms with van der Waals surface area (Å²) in [5, 5.41) is 6.88. The number of anilines is 3. The maximum absolute atomic E-state index is 6.55. The molecule has 2 heterocycles. The van der Waals surface area contributed by atoms with Crippen molar-refractivity contribution in [2.24, 2.45) is 0 Å². The van der Waals surface area contributed by atoms with Crippen LogP contribution in [-0.4, -0.2) is 0 Å². The first kappa shape index (κ1) is 27.5. The molecule has 0 saturated heterocycles. The van der Waals surface area contributed by atoms with Crippen molar-refractivity contribution in [1.29, 1.82) is 0 Å². The summed E-state index contributed by atoms with van der Waals surface area (Å²) in [7, 11) is 0. The van der Waals surface area contributed by atoms with Crippen molar-refractivity contribution in [3.05, 3.63) is 176 Å². The first-order valence-electron chi connectivity index (χ1n) is 16.6. The van der Waals surface area contributed by atoms with Crippen LogP contribution in [-0.2, 0) is 0 Å². The number of furan rings is 2. The zero-order valence-electron chi connectivity index (χ0n) is 26.5. The summed E-state index contributed by atoms with van der Waals surface area (Å²) in [6, 6.07) is 62.0. The van der Waals surface area contributed by atoms with Gasteiger partial charge in [-0.05, 0) is 59.0 Å². The number of benzene rings is 8. The Morgan fingerprint density at radius 1 is 0.347 bits per heavy atom. The van der Waals surface area contributed by atoms with Gasteiger partial charge in [-0.2, -0.15) is 0 Å². The van der Waals surface area contributed by atoms with Gasteiger partial charge >= 0.3 is 0 Å². The molecular weight excluding hydrogens is 599 g/mol. The Balaban J connectivity index is 1.19. The monoisotopic (exact) mass is 627 g/mol. The summed E-state index contributed by atoms with van der Waals surface area (Å²) < 4.78 is 12.8. The minimum absolute atomic E-state index is 0.893. The fraction of sp³-hybridized carbons (Fsp3) is 0. The molecule has 0 fully saturated rings. The van der Waals surface area contributed by atoms with Crippen LogP contribution in [0.3, 0.4) is 0 Å². The summed E-state index contributed by atoms with van der Waals surface area (Å²) in [6.07, 6.45) is 0. The number of nitrogens with zero attached hydrogens (tertiary/aromatic N) is 1. The van der Waals surface area contributed by atoms with E-state index in [4.69, 9.17) is 8.83 Å². The Kier molecular flexibility index (Phi) is 6.18. The lowest BCUT2D eigenvalue weighted by Gasteiger charge is -2.29. The first-order valence-corrected chi connectivity index (χ1v) is 16.6. The minimum Gasteiger partial charge on any atom is -0.456 e. The van der Waals surface area contributed by atoms with Crippen LogP contribution in [0.25, 0.3) is 76.9 Å². The molecule has 230 valence electrons. The number of para-hydroxylation sites is 4. The van der Waals surface area contributed by atoms with Crippen molar-refractivity contribution in [3.8, 4) is 22.3 Å². The van der Waals surface area contributed by atoms with E-state index >= 15 is 0 Å². The molecule has 49 heavy (non-hydrogen) atoms. The third-order valence-corrected chi connectivity index (χ3v) is 9.69. The van der Waals surface area contributed by atoms with Gasteiger partial charge < -0.3 is 13.7 Å². The molecule has 0 aliphatic rings. The van der Waals surface area contributed by atoms with E-state index in [2.05, 4.69) is 157 Å². The predicted molar refractivity (Wildman–Crippen MR) is 204 cm³/mol. The van der Waals surface area contributed by atoms with Crippen molar-refractivity contribution in [3.63, 3.8) is 0 Å². The summed E-state index contributed by atoms with van der Waals surface area (Å²) >= 11 is 0. The van der Waals surface area contributed by atoms with Gasteiger partial charge in [-0.3, -0.25) is 0 Å². The van der Waals surface area contributed by atoms with E-state index in [1.807, 2.05) is 24.3 Å². The smallest absolute Gasteiger partial charge is 0.143 e. The Bertz CT molecular complexity index is 2830. The van der Waals surface area contributed by atoms with Crippen LogP contribution >= 0.6 is 0 Å².